The molecular formula is C13H17N9O2. The van der Waals surface area contributed by atoms with E-state index in [1.54, 1.807) is 12.1 Å². The normalized spacial score (nSPS) is 15.8. The van der Waals surface area contributed by atoms with Crippen LogP contribution in [0.5, 0.6) is 0 Å². The van der Waals surface area contributed by atoms with Crippen LogP contribution < -0.4 is 10.3 Å². The summed E-state index contributed by atoms with van der Waals surface area (Å²) in [5.74, 6) is 0.217. The van der Waals surface area contributed by atoms with Crippen LogP contribution in [0.1, 0.15) is 5.56 Å². The van der Waals surface area contributed by atoms with E-state index in [1.165, 1.54) is 12.3 Å². The van der Waals surface area contributed by atoms with E-state index in [2.05, 4.69) is 36.1 Å². The third-order valence-corrected chi connectivity index (χ3v) is 3.76. The van der Waals surface area contributed by atoms with Gasteiger partial charge < -0.3 is 9.80 Å². The van der Waals surface area contributed by atoms with Crippen molar-refractivity contribution in [3.63, 3.8) is 0 Å². The molecular weight excluding hydrogens is 314 g/mol. The van der Waals surface area contributed by atoms with Gasteiger partial charge in [0.05, 0.1) is 11.1 Å². The average Bonchev–Trinajstić information content (AvgIpc) is 3.09. The predicted molar refractivity (Wildman–Crippen MR) is 88.2 cm³/mol. The Morgan fingerprint density at radius 1 is 1.38 bits per heavy atom. The van der Waals surface area contributed by atoms with Gasteiger partial charge in [0.1, 0.15) is 5.69 Å². The first kappa shape index (κ1) is 15.8. The summed E-state index contributed by atoms with van der Waals surface area (Å²) in [6, 6.07) is 5.07. The molecule has 1 aromatic carbocycles. The quantitative estimate of drug-likeness (QED) is 0.455. The summed E-state index contributed by atoms with van der Waals surface area (Å²) in [6.45, 7) is 3.30. The molecule has 0 bridgehead atoms. The lowest BCUT2D eigenvalue weighted by Gasteiger charge is -2.33. The highest BCUT2D eigenvalue weighted by Gasteiger charge is 2.22. The molecule has 0 unspecified atom stereocenters. The number of tetrazole rings is 1. The molecule has 1 aromatic heterocycles. The Morgan fingerprint density at radius 3 is 2.83 bits per heavy atom. The zero-order valence-electron chi connectivity index (χ0n) is 13.1. The molecule has 2 heterocycles. The SMILES string of the molecule is CN1CCN(c2ccc(/C=N/Nc3nn[nH]n3)cc2[N+](=O)[O-])CC1. The van der Waals surface area contributed by atoms with E-state index < -0.39 is 0 Å². The lowest BCUT2D eigenvalue weighted by Crippen LogP contribution is -2.44. The number of likely N-dealkylation sites (N-methyl/N-ethyl adjacent to an activating group) is 1. The zero-order valence-corrected chi connectivity index (χ0v) is 13.1. The van der Waals surface area contributed by atoms with Crippen LogP contribution in [0.2, 0.25) is 0 Å². The number of H-pyrrole nitrogens is 1. The number of nitrogens with zero attached hydrogens (tertiary/aromatic N) is 7. The van der Waals surface area contributed by atoms with Gasteiger partial charge in [-0.25, -0.2) is 5.43 Å². The van der Waals surface area contributed by atoms with Gasteiger partial charge in [0.2, 0.25) is 0 Å². The van der Waals surface area contributed by atoms with Gasteiger partial charge in [0.15, 0.2) is 0 Å². The maximum absolute atomic E-state index is 11.4. The topological polar surface area (TPSA) is 128 Å². The Balaban J connectivity index is 1.77. The van der Waals surface area contributed by atoms with Gasteiger partial charge in [-0.1, -0.05) is 11.2 Å². The number of anilines is 2. The van der Waals surface area contributed by atoms with Crippen molar-refractivity contribution in [1.82, 2.24) is 25.5 Å². The molecule has 3 rings (SSSR count). The molecule has 1 aliphatic heterocycles. The number of hydrogen-bond donors (Lipinski definition) is 2. The van der Waals surface area contributed by atoms with Crippen LogP contribution in [0.15, 0.2) is 23.3 Å². The molecule has 126 valence electrons. The van der Waals surface area contributed by atoms with E-state index in [9.17, 15) is 10.1 Å². The van der Waals surface area contributed by atoms with Crippen molar-refractivity contribution in [1.29, 1.82) is 0 Å². The lowest BCUT2D eigenvalue weighted by molar-refractivity contribution is -0.384. The first-order valence-electron chi connectivity index (χ1n) is 7.38. The Hall–Kier alpha value is -3.08. The zero-order chi connectivity index (χ0) is 16.9. The number of nitro groups is 1. The minimum atomic E-state index is -0.363. The number of aromatic nitrogens is 4. The predicted octanol–water partition coefficient (Wildman–Crippen LogP) is 0.306. The number of nitro benzene ring substituents is 1. The van der Waals surface area contributed by atoms with E-state index in [1.807, 2.05) is 11.9 Å². The fourth-order valence-electron chi connectivity index (χ4n) is 2.46. The van der Waals surface area contributed by atoms with Crippen molar-refractivity contribution < 1.29 is 4.92 Å². The molecule has 1 fully saturated rings. The van der Waals surface area contributed by atoms with Crippen molar-refractivity contribution in [3.8, 4) is 0 Å². The Bertz CT molecular complexity index is 723. The number of hydrogen-bond acceptors (Lipinski definition) is 9. The largest absolute Gasteiger partial charge is 0.363 e. The maximum Gasteiger partial charge on any atom is 0.293 e. The second-order valence-corrected chi connectivity index (χ2v) is 5.40. The van der Waals surface area contributed by atoms with Gasteiger partial charge >= 0.3 is 0 Å². The van der Waals surface area contributed by atoms with Crippen LogP contribution >= 0.6 is 0 Å². The van der Waals surface area contributed by atoms with Crippen LogP contribution in [-0.4, -0.2) is 69.9 Å². The fourth-order valence-corrected chi connectivity index (χ4v) is 2.46. The highest BCUT2D eigenvalue weighted by atomic mass is 16.6. The third-order valence-electron chi connectivity index (χ3n) is 3.76. The summed E-state index contributed by atoms with van der Waals surface area (Å²) in [6.07, 6.45) is 1.47. The average molecular weight is 331 g/mol. The van der Waals surface area contributed by atoms with Gasteiger partial charge in [0.25, 0.3) is 11.6 Å². The molecule has 0 radical (unpaired) electrons. The summed E-state index contributed by atoms with van der Waals surface area (Å²) in [4.78, 5) is 15.3. The molecule has 0 aliphatic carbocycles. The molecule has 11 heteroatoms. The second kappa shape index (κ2) is 7.00. The van der Waals surface area contributed by atoms with Crippen molar-refractivity contribution >= 4 is 23.5 Å². The van der Waals surface area contributed by atoms with Gasteiger partial charge in [-0.3, -0.25) is 10.1 Å². The summed E-state index contributed by atoms with van der Waals surface area (Å²) < 4.78 is 0. The lowest BCUT2D eigenvalue weighted by atomic mass is 10.1. The molecule has 2 aromatic rings. The van der Waals surface area contributed by atoms with Crippen molar-refractivity contribution in [2.24, 2.45) is 5.10 Å². The van der Waals surface area contributed by atoms with E-state index in [0.29, 0.717) is 11.3 Å². The van der Waals surface area contributed by atoms with Gasteiger partial charge in [-0.05, 0) is 18.3 Å². The van der Waals surface area contributed by atoms with Gasteiger partial charge in [-0.2, -0.15) is 10.3 Å². The van der Waals surface area contributed by atoms with E-state index >= 15 is 0 Å². The number of aromatic amines is 1. The highest BCUT2D eigenvalue weighted by molar-refractivity contribution is 5.83. The molecule has 24 heavy (non-hydrogen) atoms. The summed E-state index contributed by atoms with van der Waals surface area (Å²) >= 11 is 0. The van der Waals surface area contributed by atoms with Crippen molar-refractivity contribution in [2.45, 2.75) is 0 Å². The minimum absolute atomic E-state index is 0.0723. The summed E-state index contributed by atoms with van der Waals surface area (Å²) in [5.41, 5.74) is 3.89. The second-order valence-electron chi connectivity index (χ2n) is 5.40. The van der Waals surface area contributed by atoms with E-state index in [4.69, 9.17) is 0 Å². The third kappa shape index (κ3) is 3.63. The minimum Gasteiger partial charge on any atom is -0.363 e. The number of hydrazone groups is 1. The van der Waals surface area contributed by atoms with Crippen molar-refractivity contribution in [3.05, 3.63) is 33.9 Å². The number of rotatable bonds is 5. The standard InChI is InChI=1S/C13H17N9O2/c1-20-4-6-21(7-5-20)11-3-2-10(8-12(11)22(23)24)9-14-15-13-16-18-19-17-13/h2-3,8-9H,4-7H2,1H3,(H2,15,16,17,18,19)/b14-9+. The molecule has 2 N–H and O–H groups in total. The molecule has 0 atom stereocenters. The van der Waals surface area contributed by atoms with Gasteiger partial charge in [0, 0.05) is 37.8 Å². The summed E-state index contributed by atoms with van der Waals surface area (Å²) in [7, 11) is 2.04. The van der Waals surface area contributed by atoms with Gasteiger partial charge in [-0.15, -0.1) is 5.10 Å². The van der Waals surface area contributed by atoms with E-state index in [0.717, 1.165) is 26.2 Å². The number of benzene rings is 1. The summed E-state index contributed by atoms with van der Waals surface area (Å²) in [5, 5.41) is 28.4. The highest BCUT2D eigenvalue weighted by Crippen LogP contribution is 2.29. The molecule has 1 aliphatic rings. The van der Waals surface area contributed by atoms with Crippen LogP contribution in [0.4, 0.5) is 17.3 Å². The number of nitrogens with one attached hydrogen (secondary N) is 2. The van der Waals surface area contributed by atoms with Crippen LogP contribution in [-0.2, 0) is 0 Å². The van der Waals surface area contributed by atoms with Crippen LogP contribution in [0, 0.1) is 10.1 Å². The first-order valence-corrected chi connectivity index (χ1v) is 7.38. The smallest absolute Gasteiger partial charge is 0.293 e. The molecule has 1 saturated heterocycles. The van der Waals surface area contributed by atoms with Crippen LogP contribution in [0.3, 0.4) is 0 Å². The maximum atomic E-state index is 11.4. The Labute approximate surface area is 137 Å². The van der Waals surface area contributed by atoms with Crippen LogP contribution in [0.25, 0.3) is 0 Å². The van der Waals surface area contributed by atoms with E-state index in [-0.39, 0.29) is 16.6 Å². The first-order chi connectivity index (χ1) is 11.6. The van der Waals surface area contributed by atoms with Crippen molar-refractivity contribution in [2.75, 3.05) is 43.6 Å². The fraction of sp³-hybridized carbons (Fsp3) is 0.385. The Kier molecular flexibility index (Phi) is 4.61. The molecule has 0 amide bonds. The molecule has 0 saturated carbocycles. The monoisotopic (exact) mass is 331 g/mol. The Morgan fingerprint density at radius 2 is 2.17 bits per heavy atom. The number of piperazine rings is 1. The molecule has 11 nitrogen and oxygen atoms in total. The molecule has 0 spiro atoms.